The predicted octanol–water partition coefficient (Wildman–Crippen LogP) is 4.24. The van der Waals surface area contributed by atoms with Gasteiger partial charge in [-0.3, -0.25) is 0 Å². The molecular formula is C13H13F3N2OS. The predicted molar refractivity (Wildman–Crippen MR) is 73.8 cm³/mol. The Morgan fingerprint density at radius 2 is 2.10 bits per heavy atom. The lowest BCUT2D eigenvalue weighted by molar-refractivity contribution is -0.0521. The first kappa shape index (κ1) is 14.5. The molecule has 108 valence electrons. The smallest absolute Gasteiger partial charge is 0.387 e. The summed E-state index contributed by atoms with van der Waals surface area (Å²) in [6, 6.07) is 3.94. The molecule has 0 aliphatic heterocycles. The van der Waals surface area contributed by atoms with Crippen LogP contribution in [0.5, 0.6) is 5.75 Å². The molecule has 0 amide bonds. The maximum Gasteiger partial charge on any atom is 0.387 e. The topological polar surface area (TPSA) is 47.3 Å². The van der Waals surface area contributed by atoms with Crippen LogP contribution in [0, 0.1) is 5.82 Å². The Morgan fingerprint density at radius 3 is 2.70 bits per heavy atom. The molecular weight excluding hydrogens is 289 g/mol. The van der Waals surface area contributed by atoms with E-state index in [1.165, 1.54) is 0 Å². The quantitative estimate of drug-likeness (QED) is 0.812. The van der Waals surface area contributed by atoms with Crippen molar-refractivity contribution in [3.63, 3.8) is 0 Å². The van der Waals surface area contributed by atoms with E-state index in [9.17, 15) is 13.2 Å². The zero-order chi connectivity index (χ0) is 14.7. The summed E-state index contributed by atoms with van der Waals surface area (Å²) < 4.78 is 41.9. The van der Waals surface area contributed by atoms with Crippen molar-refractivity contribution in [2.45, 2.75) is 19.6 Å². The van der Waals surface area contributed by atoms with Crippen molar-refractivity contribution in [2.24, 2.45) is 0 Å². The van der Waals surface area contributed by atoms with Crippen LogP contribution in [0.3, 0.4) is 0 Å². The Morgan fingerprint density at radius 1 is 1.35 bits per heavy atom. The molecule has 1 heterocycles. The monoisotopic (exact) mass is 302 g/mol. The summed E-state index contributed by atoms with van der Waals surface area (Å²) in [5, 5.41) is 6.92. The fraction of sp³-hybridized carbons (Fsp3) is 0.231. The Kier molecular flexibility index (Phi) is 4.39. The van der Waals surface area contributed by atoms with Crippen LogP contribution in [0.1, 0.15) is 18.5 Å². The van der Waals surface area contributed by atoms with Crippen molar-refractivity contribution in [3.05, 3.63) is 40.3 Å². The standard InChI is InChI=1S/C13H13F3N2OS/c1-7(8-2-3-20-6-8)18-11-5-12(19-13(15)16)9(14)4-10(11)17/h2-7,13,18H,17H2,1H3. The van der Waals surface area contributed by atoms with Gasteiger partial charge in [-0.25, -0.2) is 4.39 Å². The number of anilines is 2. The molecule has 0 bridgehead atoms. The highest BCUT2D eigenvalue weighted by molar-refractivity contribution is 7.07. The van der Waals surface area contributed by atoms with Crippen molar-refractivity contribution in [3.8, 4) is 5.75 Å². The highest BCUT2D eigenvalue weighted by Gasteiger charge is 2.15. The second kappa shape index (κ2) is 6.04. The Bertz CT molecular complexity index is 575. The van der Waals surface area contributed by atoms with Crippen LogP contribution in [0.4, 0.5) is 24.5 Å². The summed E-state index contributed by atoms with van der Waals surface area (Å²) >= 11 is 1.54. The lowest BCUT2D eigenvalue weighted by Gasteiger charge is -2.17. The highest BCUT2D eigenvalue weighted by Crippen LogP contribution is 2.32. The number of alkyl halides is 2. The number of hydrogen-bond acceptors (Lipinski definition) is 4. The Labute approximate surface area is 118 Å². The van der Waals surface area contributed by atoms with E-state index in [4.69, 9.17) is 5.73 Å². The molecule has 1 aromatic heterocycles. The van der Waals surface area contributed by atoms with E-state index in [2.05, 4.69) is 10.1 Å². The van der Waals surface area contributed by atoms with Gasteiger partial charge < -0.3 is 15.8 Å². The fourth-order valence-electron chi connectivity index (χ4n) is 1.72. The van der Waals surface area contributed by atoms with Crippen LogP contribution >= 0.6 is 11.3 Å². The lowest BCUT2D eigenvalue weighted by atomic mass is 10.1. The SMILES string of the molecule is CC(Nc1cc(OC(F)F)c(F)cc1N)c1ccsc1. The van der Waals surface area contributed by atoms with Gasteiger partial charge in [0.1, 0.15) is 0 Å². The van der Waals surface area contributed by atoms with Crippen LogP contribution in [0.2, 0.25) is 0 Å². The lowest BCUT2D eigenvalue weighted by Crippen LogP contribution is -2.10. The first-order valence-corrected chi connectivity index (χ1v) is 6.74. The van der Waals surface area contributed by atoms with Crippen LogP contribution < -0.4 is 15.8 Å². The van der Waals surface area contributed by atoms with E-state index in [1.54, 1.807) is 11.3 Å². The molecule has 3 nitrogen and oxygen atoms in total. The van der Waals surface area contributed by atoms with Crippen LogP contribution in [0.25, 0.3) is 0 Å². The number of rotatable bonds is 5. The molecule has 20 heavy (non-hydrogen) atoms. The van der Waals surface area contributed by atoms with Gasteiger partial charge in [-0.15, -0.1) is 0 Å². The average Bonchev–Trinajstić information content (AvgIpc) is 2.88. The third-order valence-electron chi connectivity index (χ3n) is 2.74. The number of thiophene rings is 1. The maximum atomic E-state index is 13.4. The van der Waals surface area contributed by atoms with Crippen molar-refractivity contribution < 1.29 is 17.9 Å². The van der Waals surface area contributed by atoms with Gasteiger partial charge in [0.2, 0.25) is 0 Å². The number of ether oxygens (including phenoxy) is 1. The minimum absolute atomic E-state index is 0.0894. The van der Waals surface area contributed by atoms with E-state index in [-0.39, 0.29) is 11.7 Å². The summed E-state index contributed by atoms with van der Waals surface area (Å²) in [5.74, 6) is -1.45. The van der Waals surface area contributed by atoms with Crippen molar-refractivity contribution in [1.82, 2.24) is 0 Å². The number of halogens is 3. The van der Waals surface area contributed by atoms with E-state index in [0.717, 1.165) is 17.7 Å². The summed E-state index contributed by atoms with van der Waals surface area (Å²) in [6.45, 7) is -1.20. The zero-order valence-electron chi connectivity index (χ0n) is 10.6. The summed E-state index contributed by atoms with van der Waals surface area (Å²) in [5.41, 5.74) is 7.18. The molecule has 2 rings (SSSR count). The third kappa shape index (κ3) is 3.36. The van der Waals surface area contributed by atoms with Crippen molar-refractivity contribution in [2.75, 3.05) is 11.1 Å². The van der Waals surface area contributed by atoms with Crippen LogP contribution in [-0.2, 0) is 0 Å². The Hall–Kier alpha value is -1.89. The van der Waals surface area contributed by atoms with Crippen LogP contribution in [0.15, 0.2) is 29.0 Å². The number of nitrogens with two attached hydrogens (primary N) is 1. The summed E-state index contributed by atoms with van der Waals surface area (Å²) in [7, 11) is 0. The molecule has 0 radical (unpaired) electrons. The molecule has 0 aliphatic rings. The molecule has 0 spiro atoms. The number of hydrogen-bond donors (Lipinski definition) is 2. The molecule has 0 fully saturated rings. The average molecular weight is 302 g/mol. The van der Waals surface area contributed by atoms with E-state index < -0.39 is 18.2 Å². The molecule has 0 aliphatic carbocycles. The van der Waals surface area contributed by atoms with Gasteiger partial charge in [-0.2, -0.15) is 20.1 Å². The van der Waals surface area contributed by atoms with E-state index >= 15 is 0 Å². The molecule has 3 N–H and O–H groups in total. The summed E-state index contributed by atoms with van der Waals surface area (Å²) in [6.07, 6.45) is 0. The molecule has 1 atom stereocenters. The first-order valence-electron chi connectivity index (χ1n) is 5.80. The second-order valence-electron chi connectivity index (χ2n) is 4.17. The molecule has 0 saturated heterocycles. The van der Waals surface area contributed by atoms with E-state index in [0.29, 0.717) is 5.69 Å². The Balaban J connectivity index is 2.22. The van der Waals surface area contributed by atoms with E-state index in [1.807, 2.05) is 23.8 Å². The van der Waals surface area contributed by atoms with Crippen LogP contribution in [-0.4, -0.2) is 6.61 Å². The number of nitrogens with one attached hydrogen (secondary N) is 1. The van der Waals surface area contributed by atoms with Gasteiger partial charge in [0.25, 0.3) is 0 Å². The van der Waals surface area contributed by atoms with Gasteiger partial charge in [0.15, 0.2) is 11.6 Å². The van der Waals surface area contributed by atoms with Gasteiger partial charge in [0, 0.05) is 18.2 Å². The number of benzene rings is 1. The maximum absolute atomic E-state index is 13.4. The molecule has 1 unspecified atom stereocenters. The molecule has 2 aromatic rings. The third-order valence-corrected chi connectivity index (χ3v) is 3.44. The van der Waals surface area contributed by atoms with Gasteiger partial charge >= 0.3 is 6.61 Å². The molecule has 1 aromatic carbocycles. The molecule has 7 heteroatoms. The van der Waals surface area contributed by atoms with Crippen molar-refractivity contribution >= 4 is 22.7 Å². The van der Waals surface area contributed by atoms with Gasteiger partial charge in [0.05, 0.1) is 11.4 Å². The minimum Gasteiger partial charge on any atom is -0.432 e. The van der Waals surface area contributed by atoms with Crippen molar-refractivity contribution in [1.29, 1.82) is 0 Å². The number of nitrogen functional groups attached to an aromatic ring is 1. The first-order chi connectivity index (χ1) is 9.47. The minimum atomic E-state index is -3.09. The van der Waals surface area contributed by atoms with Gasteiger partial charge in [-0.1, -0.05) is 0 Å². The largest absolute Gasteiger partial charge is 0.432 e. The van der Waals surface area contributed by atoms with Gasteiger partial charge in [-0.05, 0) is 29.3 Å². The molecule has 0 saturated carbocycles. The highest BCUT2D eigenvalue weighted by atomic mass is 32.1. The normalized spacial score (nSPS) is 12.4. The zero-order valence-corrected chi connectivity index (χ0v) is 11.4. The second-order valence-corrected chi connectivity index (χ2v) is 4.95. The summed E-state index contributed by atoms with van der Waals surface area (Å²) in [4.78, 5) is 0. The fourth-order valence-corrected chi connectivity index (χ4v) is 2.47.